The average molecular weight is 250 g/mol. The maximum Gasteiger partial charge on any atom is 0.225 e. The third-order valence-corrected chi connectivity index (χ3v) is 2.90. The molecule has 2 aromatic rings. The van der Waals surface area contributed by atoms with E-state index in [1.165, 1.54) is 11.5 Å². The molecule has 0 unspecified atom stereocenters. The number of aromatic nitrogens is 3. The Morgan fingerprint density at radius 2 is 2.12 bits per heavy atom. The van der Waals surface area contributed by atoms with Gasteiger partial charge < -0.3 is 14.8 Å². The maximum atomic E-state index is 5.51. The molecule has 0 bridgehead atoms. The largest absolute Gasteiger partial charge is 0.486 e. The number of nitrogens with zero attached hydrogens (tertiary/aromatic N) is 3. The zero-order valence-electron chi connectivity index (χ0n) is 8.92. The molecule has 0 aliphatic carbocycles. The second kappa shape index (κ2) is 4.54. The lowest BCUT2D eigenvalue weighted by Crippen LogP contribution is -2.15. The minimum Gasteiger partial charge on any atom is -0.486 e. The predicted molar refractivity (Wildman–Crippen MR) is 62.5 cm³/mol. The average Bonchev–Trinajstić information content (AvgIpc) is 2.89. The first-order valence-electron chi connectivity index (χ1n) is 5.19. The molecule has 7 heteroatoms. The maximum absolute atomic E-state index is 5.51. The van der Waals surface area contributed by atoms with Crippen LogP contribution in [0.5, 0.6) is 11.5 Å². The van der Waals surface area contributed by atoms with Crippen LogP contribution in [-0.2, 0) is 6.54 Å². The fourth-order valence-corrected chi connectivity index (χ4v) is 1.94. The summed E-state index contributed by atoms with van der Waals surface area (Å²) in [5.74, 6) is 1.60. The van der Waals surface area contributed by atoms with Crippen molar-refractivity contribution in [2.24, 2.45) is 0 Å². The smallest absolute Gasteiger partial charge is 0.225 e. The number of anilines is 1. The lowest BCUT2D eigenvalue weighted by atomic mass is 10.2. The Labute approximate surface area is 102 Å². The van der Waals surface area contributed by atoms with E-state index in [0.717, 1.165) is 17.1 Å². The van der Waals surface area contributed by atoms with Crippen molar-refractivity contribution in [3.63, 3.8) is 0 Å². The Morgan fingerprint density at radius 1 is 1.24 bits per heavy atom. The van der Waals surface area contributed by atoms with Gasteiger partial charge in [-0.15, -0.1) is 0 Å². The minimum atomic E-state index is 0.601. The predicted octanol–water partition coefficient (Wildman–Crippen LogP) is 1.32. The van der Waals surface area contributed by atoms with E-state index in [1.54, 1.807) is 0 Å². The Kier molecular flexibility index (Phi) is 2.74. The Morgan fingerprint density at radius 3 is 2.94 bits per heavy atom. The van der Waals surface area contributed by atoms with E-state index in [0.29, 0.717) is 24.9 Å². The van der Waals surface area contributed by atoms with E-state index < -0.39 is 0 Å². The summed E-state index contributed by atoms with van der Waals surface area (Å²) in [7, 11) is 0. The van der Waals surface area contributed by atoms with Crippen molar-refractivity contribution in [2.45, 2.75) is 6.54 Å². The topological polar surface area (TPSA) is 69.2 Å². The molecule has 2 heterocycles. The highest BCUT2D eigenvalue weighted by Crippen LogP contribution is 2.30. The summed E-state index contributed by atoms with van der Waals surface area (Å²) in [6, 6.07) is 5.88. The second-order valence-electron chi connectivity index (χ2n) is 3.50. The van der Waals surface area contributed by atoms with Crippen molar-refractivity contribution in [1.29, 1.82) is 0 Å². The molecular formula is C10H10N4O2S. The molecule has 0 fully saturated rings. The number of fused-ring (bicyclic) bond motifs is 1. The fraction of sp³-hybridized carbons (Fsp3) is 0.300. The van der Waals surface area contributed by atoms with Crippen LogP contribution in [0.3, 0.4) is 0 Å². The van der Waals surface area contributed by atoms with Crippen molar-refractivity contribution in [2.75, 3.05) is 18.5 Å². The summed E-state index contributed by atoms with van der Waals surface area (Å²) in [5.41, 5.74) is 1.10. The van der Waals surface area contributed by atoms with E-state index >= 15 is 0 Å². The van der Waals surface area contributed by atoms with Crippen LogP contribution in [0.15, 0.2) is 18.2 Å². The van der Waals surface area contributed by atoms with Crippen molar-refractivity contribution < 1.29 is 9.47 Å². The summed E-state index contributed by atoms with van der Waals surface area (Å²) < 4.78 is 14.6. The molecular weight excluding hydrogens is 240 g/mol. The molecule has 1 aliphatic heterocycles. The molecule has 3 rings (SSSR count). The lowest BCUT2D eigenvalue weighted by molar-refractivity contribution is 0.171. The summed E-state index contributed by atoms with van der Waals surface area (Å²) >= 11 is 1.23. The highest BCUT2D eigenvalue weighted by Gasteiger charge is 2.11. The molecule has 6 nitrogen and oxygen atoms in total. The number of benzene rings is 1. The van der Waals surface area contributed by atoms with E-state index in [2.05, 4.69) is 20.1 Å². The number of rotatable bonds is 3. The van der Waals surface area contributed by atoms with Gasteiger partial charge in [0.2, 0.25) is 5.13 Å². The molecule has 0 spiro atoms. The Balaban J connectivity index is 1.71. The van der Waals surface area contributed by atoms with Gasteiger partial charge in [0.25, 0.3) is 0 Å². The van der Waals surface area contributed by atoms with Crippen LogP contribution in [0.4, 0.5) is 5.13 Å². The SMILES string of the molecule is c1cc2c(cc1CNc1nnns1)OCCO2. The van der Waals surface area contributed by atoms with Crippen molar-refractivity contribution in [3.8, 4) is 11.5 Å². The van der Waals surface area contributed by atoms with Crippen LogP contribution in [-0.4, -0.2) is 28.0 Å². The molecule has 0 saturated carbocycles. The molecule has 1 aliphatic rings. The van der Waals surface area contributed by atoms with Crippen LogP contribution in [0.1, 0.15) is 5.56 Å². The molecule has 0 radical (unpaired) electrons. The van der Waals surface area contributed by atoms with E-state index in [9.17, 15) is 0 Å². The molecule has 0 atom stereocenters. The third kappa shape index (κ3) is 2.28. The van der Waals surface area contributed by atoms with E-state index in [-0.39, 0.29) is 0 Å². The van der Waals surface area contributed by atoms with Gasteiger partial charge in [0.1, 0.15) is 13.2 Å². The van der Waals surface area contributed by atoms with Gasteiger partial charge in [-0.3, -0.25) is 0 Å². The number of ether oxygens (including phenoxy) is 2. The van der Waals surface area contributed by atoms with Crippen LogP contribution in [0, 0.1) is 0 Å². The van der Waals surface area contributed by atoms with Gasteiger partial charge in [0, 0.05) is 18.1 Å². The van der Waals surface area contributed by atoms with E-state index in [4.69, 9.17) is 9.47 Å². The second-order valence-corrected chi connectivity index (χ2v) is 4.23. The van der Waals surface area contributed by atoms with Crippen molar-refractivity contribution in [1.82, 2.24) is 14.8 Å². The van der Waals surface area contributed by atoms with Gasteiger partial charge in [-0.05, 0) is 22.9 Å². The zero-order valence-corrected chi connectivity index (χ0v) is 9.74. The van der Waals surface area contributed by atoms with Gasteiger partial charge in [0.15, 0.2) is 11.5 Å². The molecule has 1 aromatic heterocycles. The van der Waals surface area contributed by atoms with Gasteiger partial charge in [-0.1, -0.05) is 15.7 Å². The van der Waals surface area contributed by atoms with Gasteiger partial charge in [-0.25, -0.2) is 0 Å². The molecule has 88 valence electrons. The highest BCUT2D eigenvalue weighted by atomic mass is 32.1. The fourth-order valence-electron chi connectivity index (χ4n) is 1.58. The van der Waals surface area contributed by atoms with Gasteiger partial charge >= 0.3 is 0 Å². The molecule has 1 aromatic carbocycles. The third-order valence-electron chi connectivity index (χ3n) is 2.35. The van der Waals surface area contributed by atoms with Crippen LogP contribution >= 0.6 is 11.5 Å². The summed E-state index contributed by atoms with van der Waals surface area (Å²) in [5, 5.41) is 11.2. The molecule has 0 saturated heterocycles. The number of hydrogen-bond donors (Lipinski definition) is 1. The molecule has 0 amide bonds. The van der Waals surface area contributed by atoms with Crippen molar-refractivity contribution >= 4 is 16.7 Å². The van der Waals surface area contributed by atoms with Gasteiger partial charge in [-0.2, -0.15) is 0 Å². The number of hydrogen-bond acceptors (Lipinski definition) is 7. The summed E-state index contributed by atoms with van der Waals surface area (Å²) in [6.45, 7) is 1.87. The monoisotopic (exact) mass is 250 g/mol. The standard InChI is InChI=1S/C10H10N4O2S/c1-2-8-9(16-4-3-15-8)5-7(1)6-11-10-12-13-14-17-10/h1-2,5H,3-4,6H2,(H,11,12,14). The zero-order chi connectivity index (χ0) is 11.5. The number of nitrogens with one attached hydrogen (secondary N) is 1. The Bertz CT molecular complexity index is 503. The first-order valence-corrected chi connectivity index (χ1v) is 5.96. The summed E-state index contributed by atoms with van der Waals surface area (Å²) in [4.78, 5) is 0. The van der Waals surface area contributed by atoms with Crippen LogP contribution in [0.2, 0.25) is 0 Å². The quantitative estimate of drug-likeness (QED) is 0.886. The van der Waals surface area contributed by atoms with Gasteiger partial charge in [0.05, 0.1) is 0 Å². The first kappa shape index (κ1) is 10.3. The van der Waals surface area contributed by atoms with Crippen LogP contribution in [0.25, 0.3) is 0 Å². The minimum absolute atomic E-state index is 0.601. The molecule has 1 N–H and O–H groups in total. The first-order chi connectivity index (χ1) is 8.42. The molecule has 17 heavy (non-hydrogen) atoms. The highest BCUT2D eigenvalue weighted by molar-refractivity contribution is 7.09. The van der Waals surface area contributed by atoms with Crippen LogP contribution < -0.4 is 14.8 Å². The Hall–Kier alpha value is -1.89. The van der Waals surface area contributed by atoms with E-state index in [1.807, 2.05) is 18.2 Å². The summed E-state index contributed by atoms with van der Waals surface area (Å²) in [6.07, 6.45) is 0. The van der Waals surface area contributed by atoms with Crippen molar-refractivity contribution in [3.05, 3.63) is 23.8 Å². The normalized spacial score (nSPS) is 13.4. The lowest BCUT2D eigenvalue weighted by Gasteiger charge is -2.18.